The van der Waals surface area contributed by atoms with Crippen molar-refractivity contribution in [2.75, 3.05) is 19.1 Å². The molecule has 43 heavy (non-hydrogen) atoms. The summed E-state index contributed by atoms with van der Waals surface area (Å²) in [5, 5.41) is 2.91. The molecule has 230 valence electrons. The molecule has 1 amide bonds. The fourth-order valence-corrected chi connectivity index (χ4v) is 8.05. The number of methoxy groups -OCH3 is 1. The Morgan fingerprint density at radius 1 is 0.953 bits per heavy atom. The number of nitrogens with one attached hydrogen (secondary N) is 1. The Bertz CT molecular complexity index is 1370. The summed E-state index contributed by atoms with van der Waals surface area (Å²) in [7, 11) is 0.200. The molecule has 1 fully saturated rings. The summed E-state index contributed by atoms with van der Waals surface area (Å²) in [6, 6.07) is 23.0. The molecule has 0 aliphatic heterocycles. The first-order valence-corrected chi connectivity index (χ1v) is 18.0. The summed E-state index contributed by atoms with van der Waals surface area (Å²) in [6.07, 6.45) is 11.6. The molecule has 1 saturated carbocycles. The average Bonchev–Trinajstić information content (AvgIpc) is 3.05. The van der Waals surface area contributed by atoms with Crippen LogP contribution in [0.25, 0.3) is 11.1 Å². The molecule has 4 rings (SSSR count). The molecule has 0 radical (unpaired) electrons. The van der Waals surface area contributed by atoms with Gasteiger partial charge in [-0.2, -0.15) is 11.8 Å². The third-order valence-electron chi connectivity index (χ3n) is 8.53. The SMILES string of the molecule is COC(=O)C(CCSC)NC(=O)c1ccc(CC(CCC2CCCCC2)S(=O)c2ccccc2)cc1-c1ccccc1C. The van der Waals surface area contributed by atoms with Crippen LogP contribution in [-0.2, 0) is 26.8 Å². The minimum absolute atomic E-state index is 0.0241. The molecule has 3 aromatic carbocycles. The zero-order valence-corrected chi connectivity index (χ0v) is 27.3. The lowest BCUT2D eigenvalue weighted by molar-refractivity contribution is -0.142. The summed E-state index contributed by atoms with van der Waals surface area (Å²) in [4.78, 5) is 27.0. The number of esters is 1. The van der Waals surface area contributed by atoms with Gasteiger partial charge in [0.15, 0.2) is 0 Å². The van der Waals surface area contributed by atoms with Crippen molar-refractivity contribution in [3.8, 4) is 11.1 Å². The summed E-state index contributed by atoms with van der Waals surface area (Å²) >= 11 is 1.62. The quantitative estimate of drug-likeness (QED) is 0.187. The van der Waals surface area contributed by atoms with Gasteiger partial charge < -0.3 is 10.1 Å². The Kier molecular flexibility index (Phi) is 12.9. The van der Waals surface area contributed by atoms with Gasteiger partial charge in [0.05, 0.1) is 17.9 Å². The number of thioether (sulfide) groups is 1. The molecular formula is C36H45NO4S2. The van der Waals surface area contributed by atoms with E-state index in [1.807, 2.05) is 79.9 Å². The smallest absolute Gasteiger partial charge is 0.328 e. The number of amides is 1. The van der Waals surface area contributed by atoms with E-state index in [0.29, 0.717) is 24.3 Å². The van der Waals surface area contributed by atoms with Crippen molar-refractivity contribution >= 4 is 34.4 Å². The van der Waals surface area contributed by atoms with Gasteiger partial charge in [0, 0.05) is 15.7 Å². The minimum atomic E-state index is -1.15. The predicted molar refractivity (Wildman–Crippen MR) is 179 cm³/mol. The van der Waals surface area contributed by atoms with Crippen molar-refractivity contribution in [3.05, 3.63) is 89.5 Å². The third-order valence-corrected chi connectivity index (χ3v) is 10.9. The van der Waals surface area contributed by atoms with E-state index < -0.39 is 22.8 Å². The number of hydrogen-bond donors (Lipinski definition) is 1. The molecule has 0 saturated heterocycles. The number of carbonyl (C=O) groups is 2. The van der Waals surface area contributed by atoms with Gasteiger partial charge in [-0.25, -0.2) is 4.79 Å². The minimum Gasteiger partial charge on any atom is -0.467 e. The van der Waals surface area contributed by atoms with E-state index in [1.165, 1.54) is 39.2 Å². The Morgan fingerprint density at radius 3 is 2.37 bits per heavy atom. The van der Waals surface area contributed by atoms with Crippen LogP contribution >= 0.6 is 11.8 Å². The Morgan fingerprint density at radius 2 is 1.67 bits per heavy atom. The van der Waals surface area contributed by atoms with Gasteiger partial charge in [0.1, 0.15) is 6.04 Å². The molecule has 0 heterocycles. The first kappa shape index (κ1) is 33.0. The van der Waals surface area contributed by atoms with E-state index in [-0.39, 0.29) is 11.2 Å². The molecule has 0 aromatic heterocycles. The normalized spacial score (nSPS) is 15.8. The number of benzene rings is 3. The highest BCUT2D eigenvalue weighted by Gasteiger charge is 2.26. The molecule has 7 heteroatoms. The van der Waals surface area contributed by atoms with Crippen molar-refractivity contribution in [2.45, 2.75) is 80.9 Å². The predicted octanol–water partition coefficient (Wildman–Crippen LogP) is 7.77. The highest BCUT2D eigenvalue weighted by molar-refractivity contribution is 7.98. The van der Waals surface area contributed by atoms with Crippen molar-refractivity contribution in [1.29, 1.82) is 0 Å². The lowest BCUT2D eigenvalue weighted by Crippen LogP contribution is -2.42. The van der Waals surface area contributed by atoms with E-state index in [9.17, 15) is 13.8 Å². The lowest BCUT2D eigenvalue weighted by Gasteiger charge is -2.24. The summed E-state index contributed by atoms with van der Waals surface area (Å²) in [5.74, 6) is 0.694. The fraction of sp³-hybridized carbons (Fsp3) is 0.444. The fourth-order valence-electron chi connectivity index (χ4n) is 6.07. The van der Waals surface area contributed by atoms with Gasteiger partial charge in [-0.05, 0) is 91.0 Å². The van der Waals surface area contributed by atoms with E-state index in [0.717, 1.165) is 45.7 Å². The molecule has 5 nitrogen and oxygen atoms in total. The van der Waals surface area contributed by atoms with Crippen LogP contribution in [0.15, 0.2) is 77.7 Å². The highest BCUT2D eigenvalue weighted by Crippen LogP contribution is 2.32. The lowest BCUT2D eigenvalue weighted by atomic mass is 9.85. The molecule has 0 bridgehead atoms. The summed E-state index contributed by atoms with van der Waals surface area (Å²) in [5.41, 5.74) is 4.41. The van der Waals surface area contributed by atoms with Crippen LogP contribution in [-0.4, -0.2) is 46.5 Å². The number of carbonyl (C=O) groups excluding carboxylic acids is 2. The molecule has 1 aliphatic carbocycles. The van der Waals surface area contributed by atoms with Crippen LogP contribution in [0, 0.1) is 12.8 Å². The van der Waals surface area contributed by atoms with Crippen LogP contribution in [0.5, 0.6) is 0 Å². The maximum atomic E-state index is 13.9. The van der Waals surface area contributed by atoms with Gasteiger partial charge in [-0.15, -0.1) is 0 Å². The van der Waals surface area contributed by atoms with E-state index in [1.54, 1.807) is 11.8 Å². The number of ether oxygens (including phenoxy) is 1. The molecule has 0 spiro atoms. The zero-order chi connectivity index (χ0) is 30.6. The Labute approximate surface area is 264 Å². The zero-order valence-electron chi connectivity index (χ0n) is 25.7. The van der Waals surface area contributed by atoms with Crippen molar-refractivity contribution < 1.29 is 18.5 Å². The molecule has 1 N–H and O–H groups in total. The van der Waals surface area contributed by atoms with E-state index >= 15 is 0 Å². The van der Waals surface area contributed by atoms with Crippen molar-refractivity contribution in [1.82, 2.24) is 5.32 Å². The number of rotatable bonds is 14. The van der Waals surface area contributed by atoms with Crippen molar-refractivity contribution in [3.63, 3.8) is 0 Å². The van der Waals surface area contributed by atoms with Crippen LogP contribution in [0.2, 0.25) is 0 Å². The second kappa shape index (κ2) is 16.8. The van der Waals surface area contributed by atoms with E-state index in [2.05, 4.69) is 11.4 Å². The monoisotopic (exact) mass is 619 g/mol. The molecular weight excluding hydrogens is 575 g/mol. The van der Waals surface area contributed by atoms with Gasteiger partial charge in [0.2, 0.25) is 0 Å². The Hall–Kier alpha value is -2.90. The Balaban J connectivity index is 1.65. The van der Waals surface area contributed by atoms with Gasteiger partial charge >= 0.3 is 5.97 Å². The molecule has 3 unspecified atom stereocenters. The second-order valence-corrected chi connectivity index (χ2v) is 14.3. The third kappa shape index (κ3) is 9.29. The van der Waals surface area contributed by atoms with Crippen LogP contribution in [0.3, 0.4) is 0 Å². The summed E-state index contributed by atoms with van der Waals surface area (Å²) < 4.78 is 18.9. The maximum absolute atomic E-state index is 13.9. The van der Waals surface area contributed by atoms with Crippen LogP contribution < -0.4 is 5.32 Å². The second-order valence-electron chi connectivity index (χ2n) is 11.5. The molecule has 1 aliphatic rings. The first-order chi connectivity index (χ1) is 20.9. The standard InChI is InChI=1S/C36H45NO4S2/c1-26-12-10-11-17-31(26)33-25-28(19-21-32(33)35(38)37-34(22-23-42-3)36(39)41-2)24-30(20-18-27-13-6-4-7-14-27)43(40)29-15-8-5-9-16-29/h5,8-12,15-17,19,21,25,27,30,34H,4,6-7,13-14,18,20,22-24H2,1-3H3,(H,37,38). The van der Waals surface area contributed by atoms with Crippen LogP contribution in [0.1, 0.15) is 72.9 Å². The van der Waals surface area contributed by atoms with E-state index in [4.69, 9.17) is 4.74 Å². The summed E-state index contributed by atoms with van der Waals surface area (Å²) in [6.45, 7) is 2.04. The van der Waals surface area contributed by atoms with Crippen molar-refractivity contribution in [2.24, 2.45) is 5.92 Å². The average molecular weight is 620 g/mol. The topological polar surface area (TPSA) is 72.5 Å². The van der Waals surface area contributed by atoms with Gasteiger partial charge in [-0.3, -0.25) is 9.00 Å². The first-order valence-electron chi connectivity index (χ1n) is 15.4. The molecule has 3 atom stereocenters. The van der Waals surface area contributed by atoms with Gasteiger partial charge in [-0.1, -0.05) is 86.7 Å². The largest absolute Gasteiger partial charge is 0.467 e. The maximum Gasteiger partial charge on any atom is 0.328 e. The number of hydrogen-bond acceptors (Lipinski definition) is 5. The van der Waals surface area contributed by atoms with Gasteiger partial charge in [0.25, 0.3) is 5.91 Å². The highest BCUT2D eigenvalue weighted by atomic mass is 32.2. The molecule has 3 aromatic rings. The number of aryl methyl sites for hydroxylation is 1. The van der Waals surface area contributed by atoms with Crippen LogP contribution in [0.4, 0.5) is 0 Å².